The molecule has 1 aliphatic carbocycles. The molecule has 0 heterocycles. The Morgan fingerprint density at radius 2 is 1.93 bits per heavy atom. The number of hydrogen-bond donors (Lipinski definition) is 2. The molecule has 1 atom stereocenters. The van der Waals surface area contributed by atoms with E-state index in [1.165, 1.54) is 32.1 Å². The zero-order valence-corrected chi connectivity index (χ0v) is 10.2. The average molecular weight is 214 g/mol. The summed E-state index contributed by atoms with van der Waals surface area (Å²) in [6.07, 6.45) is 6.88. The lowest BCUT2D eigenvalue weighted by Crippen LogP contribution is -2.46. The van der Waals surface area contributed by atoms with Gasteiger partial charge in [0.15, 0.2) is 0 Å². The van der Waals surface area contributed by atoms with E-state index in [1.807, 2.05) is 6.92 Å². The molecule has 15 heavy (non-hydrogen) atoms. The third-order valence-corrected chi connectivity index (χ3v) is 3.34. The summed E-state index contributed by atoms with van der Waals surface area (Å²) in [7, 11) is 2.08. The van der Waals surface area contributed by atoms with Crippen LogP contribution in [-0.2, 0) is 0 Å². The highest BCUT2D eigenvalue weighted by atomic mass is 16.3. The van der Waals surface area contributed by atoms with Crippen molar-refractivity contribution in [3.63, 3.8) is 0 Å². The van der Waals surface area contributed by atoms with E-state index in [4.69, 9.17) is 5.73 Å². The number of nitrogens with zero attached hydrogens (tertiary/aromatic N) is 1. The van der Waals surface area contributed by atoms with Crippen molar-refractivity contribution in [1.82, 2.24) is 4.90 Å². The summed E-state index contributed by atoms with van der Waals surface area (Å²) in [5.74, 6) is 0.831. The molecule has 0 bridgehead atoms. The Bertz CT molecular complexity index is 176. The van der Waals surface area contributed by atoms with Crippen molar-refractivity contribution in [3.05, 3.63) is 0 Å². The predicted octanol–water partition coefficient (Wildman–Crippen LogP) is 1.21. The summed E-state index contributed by atoms with van der Waals surface area (Å²) < 4.78 is 0. The van der Waals surface area contributed by atoms with Gasteiger partial charge in [0, 0.05) is 19.6 Å². The summed E-state index contributed by atoms with van der Waals surface area (Å²) in [5, 5.41) is 9.86. The molecular weight excluding hydrogens is 188 g/mol. The van der Waals surface area contributed by atoms with Crippen molar-refractivity contribution in [2.45, 2.75) is 44.6 Å². The standard InChI is InChI=1S/C12H26N2O/c1-12(15,9-13)10-14(2)8-11-6-4-3-5-7-11/h11,15H,3-10,13H2,1-2H3. The molecule has 3 heteroatoms. The average Bonchev–Trinajstić information content (AvgIpc) is 2.18. The van der Waals surface area contributed by atoms with Gasteiger partial charge >= 0.3 is 0 Å². The molecule has 0 aliphatic heterocycles. The van der Waals surface area contributed by atoms with Gasteiger partial charge in [-0.2, -0.15) is 0 Å². The molecule has 1 aliphatic rings. The van der Waals surface area contributed by atoms with Gasteiger partial charge in [0.1, 0.15) is 0 Å². The van der Waals surface area contributed by atoms with Gasteiger partial charge in [0.2, 0.25) is 0 Å². The van der Waals surface area contributed by atoms with Crippen molar-refractivity contribution in [2.75, 3.05) is 26.7 Å². The molecule has 0 spiro atoms. The third-order valence-electron chi connectivity index (χ3n) is 3.34. The largest absolute Gasteiger partial charge is 0.388 e. The number of aliphatic hydroxyl groups is 1. The van der Waals surface area contributed by atoms with Crippen LogP contribution in [0.15, 0.2) is 0 Å². The maximum Gasteiger partial charge on any atom is 0.0867 e. The summed E-state index contributed by atoms with van der Waals surface area (Å²) in [6, 6.07) is 0. The predicted molar refractivity (Wildman–Crippen MR) is 63.8 cm³/mol. The second-order valence-electron chi connectivity index (χ2n) is 5.40. The van der Waals surface area contributed by atoms with E-state index >= 15 is 0 Å². The highest BCUT2D eigenvalue weighted by molar-refractivity contribution is 4.78. The maximum atomic E-state index is 9.86. The van der Waals surface area contributed by atoms with Crippen LogP contribution in [0.5, 0.6) is 0 Å². The van der Waals surface area contributed by atoms with Gasteiger partial charge in [0.05, 0.1) is 5.60 Å². The van der Waals surface area contributed by atoms with E-state index in [1.54, 1.807) is 0 Å². The summed E-state index contributed by atoms with van der Waals surface area (Å²) >= 11 is 0. The number of nitrogens with two attached hydrogens (primary N) is 1. The Balaban J connectivity index is 2.25. The van der Waals surface area contributed by atoms with Gasteiger partial charge in [0.25, 0.3) is 0 Å². The molecule has 3 nitrogen and oxygen atoms in total. The van der Waals surface area contributed by atoms with E-state index in [9.17, 15) is 5.11 Å². The molecule has 0 aromatic carbocycles. The monoisotopic (exact) mass is 214 g/mol. The first-order chi connectivity index (χ1) is 7.03. The van der Waals surface area contributed by atoms with Crippen LogP contribution in [-0.4, -0.2) is 42.3 Å². The lowest BCUT2D eigenvalue weighted by molar-refractivity contribution is 0.0295. The lowest BCUT2D eigenvalue weighted by Gasteiger charge is -2.31. The van der Waals surface area contributed by atoms with Crippen LogP contribution >= 0.6 is 0 Å². The molecule has 0 aromatic heterocycles. The molecule has 1 fully saturated rings. The Morgan fingerprint density at radius 1 is 1.33 bits per heavy atom. The Morgan fingerprint density at radius 3 is 2.47 bits per heavy atom. The molecule has 1 rings (SSSR count). The van der Waals surface area contributed by atoms with E-state index < -0.39 is 5.60 Å². The van der Waals surface area contributed by atoms with Crippen LogP contribution in [0, 0.1) is 5.92 Å². The smallest absolute Gasteiger partial charge is 0.0867 e. The fourth-order valence-electron chi connectivity index (χ4n) is 2.52. The maximum absolute atomic E-state index is 9.86. The van der Waals surface area contributed by atoms with Gasteiger partial charge in [-0.3, -0.25) is 0 Å². The van der Waals surface area contributed by atoms with Gasteiger partial charge in [-0.25, -0.2) is 0 Å². The first kappa shape index (κ1) is 12.9. The summed E-state index contributed by atoms with van der Waals surface area (Å²) in [5.41, 5.74) is 4.78. The van der Waals surface area contributed by atoms with Crippen molar-refractivity contribution in [2.24, 2.45) is 11.7 Å². The number of likely N-dealkylation sites (N-methyl/N-ethyl adjacent to an activating group) is 1. The van der Waals surface area contributed by atoms with Crippen molar-refractivity contribution < 1.29 is 5.11 Å². The second-order valence-corrected chi connectivity index (χ2v) is 5.40. The van der Waals surface area contributed by atoms with Crippen molar-refractivity contribution in [1.29, 1.82) is 0 Å². The molecule has 1 saturated carbocycles. The van der Waals surface area contributed by atoms with Gasteiger partial charge in [-0.15, -0.1) is 0 Å². The zero-order valence-electron chi connectivity index (χ0n) is 10.2. The van der Waals surface area contributed by atoms with Crippen LogP contribution in [0.4, 0.5) is 0 Å². The molecular formula is C12H26N2O. The normalized spacial score (nSPS) is 23.0. The van der Waals surface area contributed by atoms with Crippen LogP contribution in [0.1, 0.15) is 39.0 Å². The van der Waals surface area contributed by atoms with Crippen LogP contribution in [0.25, 0.3) is 0 Å². The summed E-state index contributed by atoms with van der Waals surface area (Å²) in [6.45, 7) is 3.93. The number of hydrogen-bond acceptors (Lipinski definition) is 3. The minimum Gasteiger partial charge on any atom is -0.388 e. The van der Waals surface area contributed by atoms with E-state index in [-0.39, 0.29) is 0 Å². The van der Waals surface area contributed by atoms with Crippen LogP contribution in [0.3, 0.4) is 0 Å². The fourth-order valence-corrected chi connectivity index (χ4v) is 2.52. The van der Waals surface area contributed by atoms with Gasteiger partial charge in [-0.1, -0.05) is 19.3 Å². The van der Waals surface area contributed by atoms with Crippen molar-refractivity contribution in [3.8, 4) is 0 Å². The fraction of sp³-hybridized carbons (Fsp3) is 1.00. The first-order valence-electron chi connectivity index (χ1n) is 6.14. The topological polar surface area (TPSA) is 49.5 Å². The Kier molecular flexibility index (Phi) is 5.03. The van der Waals surface area contributed by atoms with Crippen LogP contribution < -0.4 is 5.73 Å². The second kappa shape index (κ2) is 5.83. The van der Waals surface area contributed by atoms with Gasteiger partial charge in [-0.05, 0) is 32.7 Å². The molecule has 0 amide bonds. The van der Waals surface area contributed by atoms with Gasteiger partial charge < -0.3 is 15.7 Å². The molecule has 90 valence electrons. The highest BCUT2D eigenvalue weighted by Crippen LogP contribution is 2.24. The first-order valence-corrected chi connectivity index (χ1v) is 6.14. The molecule has 0 aromatic rings. The van der Waals surface area contributed by atoms with E-state index in [0.29, 0.717) is 13.1 Å². The SMILES string of the molecule is CN(CC1CCCCC1)CC(C)(O)CN. The Hall–Kier alpha value is -0.120. The zero-order chi connectivity index (χ0) is 11.3. The third kappa shape index (κ3) is 4.96. The summed E-state index contributed by atoms with van der Waals surface area (Å²) in [4.78, 5) is 2.23. The Labute approximate surface area is 93.6 Å². The van der Waals surface area contributed by atoms with E-state index in [0.717, 1.165) is 12.5 Å². The molecule has 0 saturated heterocycles. The minimum absolute atomic E-state index is 0.335. The number of rotatable bonds is 5. The molecule has 3 N–H and O–H groups in total. The quantitative estimate of drug-likeness (QED) is 0.723. The van der Waals surface area contributed by atoms with Crippen LogP contribution in [0.2, 0.25) is 0 Å². The van der Waals surface area contributed by atoms with Crippen molar-refractivity contribution >= 4 is 0 Å². The molecule has 1 unspecified atom stereocenters. The lowest BCUT2D eigenvalue weighted by atomic mass is 9.89. The van der Waals surface area contributed by atoms with E-state index in [2.05, 4.69) is 11.9 Å². The highest BCUT2D eigenvalue weighted by Gasteiger charge is 2.22. The molecule has 0 radical (unpaired) electrons. The minimum atomic E-state index is -0.733.